The van der Waals surface area contributed by atoms with E-state index in [4.69, 9.17) is 4.74 Å². The lowest BCUT2D eigenvalue weighted by Crippen LogP contribution is -2.14. The molecule has 0 bridgehead atoms. The van der Waals surface area contributed by atoms with Crippen LogP contribution in [0.1, 0.15) is 11.3 Å². The minimum Gasteiger partial charge on any atom is -0.378 e. The van der Waals surface area contributed by atoms with E-state index >= 15 is 0 Å². The number of hydrogen-bond donors (Lipinski definition) is 1. The summed E-state index contributed by atoms with van der Waals surface area (Å²) in [5, 5.41) is 2.94. The number of aryl methyl sites for hydroxylation is 1. The van der Waals surface area contributed by atoms with Gasteiger partial charge in [0.25, 0.3) is 5.56 Å². The van der Waals surface area contributed by atoms with Crippen LogP contribution in [0, 0.1) is 6.92 Å². The molecule has 0 aliphatic rings. The highest BCUT2D eigenvalue weighted by atomic mass is 16.5. The van der Waals surface area contributed by atoms with Gasteiger partial charge in [-0.2, -0.15) is 0 Å². The first-order chi connectivity index (χ1) is 7.70. The molecule has 5 heteroatoms. The van der Waals surface area contributed by atoms with Crippen LogP contribution in [0.15, 0.2) is 29.2 Å². The normalized spacial score (nSPS) is 10.6. The molecule has 0 amide bonds. The Hall–Kier alpha value is -1.88. The van der Waals surface area contributed by atoms with E-state index in [1.54, 1.807) is 13.3 Å². The zero-order chi connectivity index (χ0) is 11.5. The number of aromatic amines is 1. The summed E-state index contributed by atoms with van der Waals surface area (Å²) in [6.07, 6.45) is 1.67. The van der Waals surface area contributed by atoms with E-state index in [0.717, 1.165) is 11.3 Å². The van der Waals surface area contributed by atoms with Gasteiger partial charge < -0.3 is 4.74 Å². The molecule has 16 heavy (non-hydrogen) atoms. The largest absolute Gasteiger partial charge is 0.378 e. The molecular formula is C11H13N3O2. The first-order valence-corrected chi connectivity index (χ1v) is 4.93. The van der Waals surface area contributed by atoms with Crippen molar-refractivity contribution >= 4 is 0 Å². The summed E-state index contributed by atoms with van der Waals surface area (Å²) in [5.41, 5.74) is 1.65. The number of aromatic nitrogens is 3. The van der Waals surface area contributed by atoms with Crippen LogP contribution in [0.2, 0.25) is 0 Å². The molecule has 2 aromatic heterocycles. The third kappa shape index (κ3) is 2.04. The third-order valence-electron chi connectivity index (χ3n) is 2.20. The minimum absolute atomic E-state index is 0.134. The molecule has 84 valence electrons. The molecule has 0 aromatic carbocycles. The number of rotatable bonds is 3. The van der Waals surface area contributed by atoms with Gasteiger partial charge in [0, 0.05) is 19.4 Å². The summed E-state index contributed by atoms with van der Waals surface area (Å²) in [6.45, 7) is 2.34. The molecule has 0 aliphatic carbocycles. The fourth-order valence-electron chi connectivity index (χ4n) is 1.49. The molecule has 2 rings (SSSR count). The zero-order valence-electron chi connectivity index (χ0n) is 9.23. The van der Waals surface area contributed by atoms with Crippen LogP contribution in [-0.4, -0.2) is 21.9 Å². The van der Waals surface area contributed by atoms with Gasteiger partial charge in [-0.3, -0.25) is 9.89 Å². The van der Waals surface area contributed by atoms with Crippen molar-refractivity contribution < 1.29 is 4.74 Å². The van der Waals surface area contributed by atoms with Gasteiger partial charge >= 0.3 is 0 Å². The van der Waals surface area contributed by atoms with Crippen LogP contribution in [0.3, 0.4) is 0 Å². The monoisotopic (exact) mass is 219 g/mol. The zero-order valence-corrected chi connectivity index (χ0v) is 9.23. The molecule has 0 saturated heterocycles. The quantitative estimate of drug-likeness (QED) is 0.838. The van der Waals surface area contributed by atoms with Crippen molar-refractivity contribution in [1.29, 1.82) is 0 Å². The molecule has 0 spiro atoms. The summed E-state index contributed by atoms with van der Waals surface area (Å²) in [7, 11) is 1.58. The number of ether oxygens (including phenoxy) is 1. The lowest BCUT2D eigenvalue weighted by molar-refractivity contribution is 0.181. The maximum Gasteiger partial charge on any atom is 0.272 e. The minimum atomic E-state index is -0.134. The fraction of sp³-hybridized carbons (Fsp3) is 0.273. The molecule has 0 saturated carbocycles. The number of methoxy groups -OCH3 is 1. The summed E-state index contributed by atoms with van der Waals surface area (Å²) >= 11 is 0. The highest BCUT2D eigenvalue weighted by Crippen LogP contribution is 2.04. The van der Waals surface area contributed by atoms with Gasteiger partial charge in [0.15, 0.2) is 5.82 Å². The number of pyridine rings is 1. The van der Waals surface area contributed by atoms with Crippen LogP contribution < -0.4 is 5.56 Å². The second kappa shape index (κ2) is 4.32. The van der Waals surface area contributed by atoms with Crippen LogP contribution in [0.5, 0.6) is 0 Å². The molecule has 0 unspecified atom stereocenters. The Balaban J connectivity index is 2.44. The van der Waals surface area contributed by atoms with E-state index in [-0.39, 0.29) is 5.56 Å². The molecule has 0 fully saturated rings. The molecular weight excluding hydrogens is 206 g/mol. The van der Waals surface area contributed by atoms with E-state index in [9.17, 15) is 4.79 Å². The Bertz CT molecular complexity index is 542. The van der Waals surface area contributed by atoms with Gasteiger partial charge in [0.05, 0.1) is 12.3 Å². The predicted molar refractivity (Wildman–Crippen MR) is 59.6 cm³/mol. The second-order valence-electron chi connectivity index (χ2n) is 3.58. The lowest BCUT2D eigenvalue weighted by atomic mass is 10.3. The van der Waals surface area contributed by atoms with Crippen molar-refractivity contribution in [3.05, 3.63) is 46.0 Å². The van der Waals surface area contributed by atoms with E-state index < -0.39 is 0 Å². The molecule has 5 nitrogen and oxygen atoms in total. The van der Waals surface area contributed by atoms with Gasteiger partial charge in [-0.1, -0.05) is 0 Å². The number of nitrogens with one attached hydrogen (secondary N) is 1. The fourth-order valence-corrected chi connectivity index (χ4v) is 1.49. The Morgan fingerprint density at radius 2 is 2.31 bits per heavy atom. The summed E-state index contributed by atoms with van der Waals surface area (Å²) < 4.78 is 6.36. The third-order valence-corrected chi connectivity index (χ3v) is 2.20. The smallest absolute Gasteiger partial charge is 0.272 e. The van der Waals surface area contributed by atoms with Gasteiger partial charge in [-0.25, -0.2) is 9.67 Å². The van der Waals surface area contributed by atoms with Crippen molar-refractivity contribution in [1.82, 2.24) is 14.8 Å². The average molecular weight is 219 g/mol. The maximum absolute atomic E-state index is 11.7. The van der Waals surface area contributed by atoms with Crippen LogP contribution >= 0.6 is 0 Å². The molecule has 0 atom stereocenters. The molecule has 0 radical (unpaired) electrons. The Labute approximate surface area is 92.7 Å². The first kappa shape index (κ1) is 10.6. The Morgan fingerprint density at radius 1 is 1.50 bits per heavy atom. The van der Waals surface area contributed by atoms with Crippen LogP contribution in [-0.2, 0) is 11.3 Å². The molecule has 2 aromatic rings. The predicted octanol–water partition coefficient (Wildman–Crippen LogP) is 1.02. The van der Waals surface area contributed by atoms with E-state index in [1.165, 1.54) is 10.7 Å². The molecule has 0 aliphatic heterocycles. The van der Waals surface area contributed by atoms with E-state index in [0.29, 0.717) is 12.4 Å². The van der Waals surface area contributed by atoms with Gasteiger partial charge in [0.1, 0.15) is 0 Å². The van der Waals surface area contributed by atoms with Gasteiger partial charge in [0.2, 0.25) is 0 Å². The van der Waals surface area contributed by atoms with Crippen molar-refractivity contribution in [2.24, 2.45) is 0 Å². The number of H-pyrrole nitrogens is 1. The summed E-state index contributed by atoms with van der Waals surface area (Å²) in [5.74, 6) is 0.590. The number of nitrogens with zero attached hydrogens (tertiary/aromatic N) is 2. The summed E-state index contributed by atoms with van der Waals surface area (Å²) in [4.78, 5) is 15.8. The van der Waals surface area contributed by atoms with Crippen molar-refractivity contribution in [2.75, 3.05) is 7.11 Å². The lowest BCUT2D eigenvalue weighted by Gasteiger charge is -2.01. The molecule has 1 N–H and O–H groups in total. The highest BCUT2D eigenvalue weighted by molar-refractivity contribution is 5.26. The standard InChI is InChI=1S/C11H13N3O2/c1-8-3-4-12-10(5-8)14-11(15)6-9(13-14)7-16-2/h3-6,13H,7H2,1-2H3. The topological polar surface area (TPSA) is 59.9 Å². The van der Waals surface area contributed by atoms with E-state index in [2.05, 4.69) is 10.1 Å². The van der Waals surface area contributed by atoms with E-state index in [1.807, 2.05) is 19.1 Å². The second-order valence-corrected chi connectivity index (χ2v) is 3.58. The maximum atomic E-state index is 11.7. The van der Waals surface area contributed by atoms with Gasteiger partial charge in [-0.05, 0) is 24.6 Å². The Morgan fingerprint density at radius 3 is 3.00 bits per heavy atom. The van der Waals surface area contributed by atoms with Crippen molar-refractivity contribution in [3.63, 3.8) is 0 Å². The van der Waals surface area contributed by atoms with Gasteiger partial charge in [-0.15, -0.1) is 0 Å². The van der Waals surface area contributed by atoms with Crippen LogP contribution in [0.4, 0.5) is 0 Å². The highest BCUT2D eigenvalue weighted by Gasteiger charge is 2.05. The van der Waals surface area contributed by atoms with Crippen LogP contribution in [0.25, 0.3) is 5.82 Å². The summed E-state index contributed by atoms with van der Waals surface area (Å²) in [6, 6.07) is 5.23. The van der Waals surface area contributed by atoms with Crippen molar-refractivity contribution in [2.45, 2.75) is 13.5 Å². The first-order valence-electron chi connectivity index (χ1n) is 4.93. The Kier molecular flexibility index (Phi) is 2.87. The number of hydrogen-bond acceptors (Lipinski definition) is 3. The molecule has 2 heterocycles. The average Bonchev–Trinajstić information content (AvgIpc) is 2.60. The SMILES string of the molecule is COCc1cc(=O)n(-c2cc(C)ccn2)[nH]1. The van der Waals surface area contributed by atoms with Crippen molar-refractivity contribution in [3.8, 4) is 5.82 Å².